The number of nitrogens with zero attached hydrogens (tertiary/aromatic N) is 1. The fraction of sp³-hybridized carbons (Fsp3) is 0.625. The molecule has 1 unspecified atom stereocenters. The molecule has 1 aliphatic rings. The summed E-state index contributed by atoms with van der Waals surface area (Å²) in [5, 5.41) is 11.8. The van der Waals surface area contributed by atoms with E-state index in [9.17, 15) is 9.59 Å². The smallest absolute Gasteiger partial charge is 0.305 e. The lowest BCUT2D eigenvalue weighted by atomic mass is 10.2. The van der Waals surface area contributed by atoms with Crippen LogP contribution in [0.3, 0.4) is 0 Å². The molecule has 1 aliphatic heterocycles. The maximum Gasteiger partial charge on any atom is 0.305 e. The molecule has 0 radical (unpaired) electrons. The predicted molar refractivity (Wildman–Crippen MR) is 53.8 cm³/mol. The first-order chi connectivity index (χ1) is 6.52. The molecule has 0 bridgehead atoms. The topological polar surface area (TPSA) is 69.6 Å². The van der Waals surface area contributed by atoms with E-state index in [2.05, 4.69) is 5.32 Å². The normalized spacial score (nSPS) is 19.1. The molecule has 0 aromatic rings. The molecule has 1 amide bonds. The van der Waals surface area contributed by atoms with E-state index in [1.807, 2.05) is 0 Å². The molecule has 1 rings (SSSR count). The van der Waals surface area contributed by atoms with Gasteiger partial charge in [-0.1, -0.05) is 0 Å². The highest BCUT2D eigenvalue weighted by Gasteiger charge is 2.28. The van der Waals surface area contributed by atoms with Crippen molar-refractivity contribution in [3.63, 3.8) is 0 Å². The minimum Gasteiger partial charge on any atom is -0.481 e. The molecular formula is C8H12N2O3S. The van der Waals surface area contributed by atoms with E-state index in [4.69, 9.17) is 17.3 Å². The van der Waals surface area contributed by atoms with E-state index in [0.29, 0.717) is 18.1 Å². The Morgan fingerprint density at radius 2 is 2.43 bits per heavy atom. The fourth-order valence-electron chi connectivity index (χ4n) is 1.39. The molecule has 2 N–H and O–H groups in total. The highest BCUT2D eigenvalue weighted by molar-refractivity contribution is 7.80. The van der Waals surface area contributed by atoms with E-state index in [0.717, 1.165) is 0 Å². The summed E-state index contributed by atoms with van der Waals surface area (Å²) in [6.07, 6.45) is 0.275. The van der Waals surface area contributed by atoms with Gasteiger partial charge in [0.1, 0.15) is 0 Å². The Hall–Kier alpha value is -1.17. The standard InChI is InChI=1S/C8H12N2O3S/c1-5(4-7(12)13)10-6(11)2-3-9-8(10)14/h5H,2-4H2,1H3,(H,9,14)(H,12,13). The number of thiocarbonyl (C=S) groups is 1. The summed E-state index contributed by atoms with van der Waals surface area (Å²) in [7, 11) is 0. The minimum absolute atomic E-state index is 0.0897. The Morgan fingerprint density at radius 3 is 2.93 bits per heavy atom. The lowest BCUT2D eigenvalue weighted by molar-refractivity contribution is -0.139. The first-order valence-corrected chi connectivity index (χ1v) is 4.75. The Kier molecular flexibility index (Phi) is 3.40. The van der Waals surface area contributed by atoms with Gasteiger partial charge in [0.15, 0.2) is 5.11 Å². The van der Waals surface area contributed by atoms with E-state index in [1.165, 1.54) is 4.90 Å². The summed E-state index contributed by atoms with van der Waals surface area (Å²) in [6, 6.07) is -0.389. The first kappa shape index (κ1) is 10.9. The van der Waals surface area contributed by atoms with Crippen LogP contribution in [0.1, 0.15) is 19.8 Å². The number of nitrogens with one attached hydrogen (secondary N) is 1. The number of hydrogen-bond acceptors (Lipinski definition) is 3. The van der Waals surface area contributed by atoms with Crippen molar-refractivity contribution in [3.8, 4) is 0 Å². The average Bonchev–Trinajstić information content (AvgIpc) is 2.01. The molecule has 0 aromatic heterocycles. The van der Waals surface area contributed by atoms with Crippen LogP contribution in [0.2, 0.25) is 0 Å². The van der Waals surface area contributed by atoms with Gasteiger partial charge < -0.3 is 10.4 Å². The van der Waals surface area contributed by atoms with Gasteiger partial charge in [0.25, 0.3) is 0 Å². The largest absolute Gasteiger partial charge is 0.481 e. The molecule has 0 aliphatic carbocycles. The molecule has 6 heteroatoms. The van der Waals surface area contributed by atoms with Gasteiger partial charge in [-0.15, -0.1) is 0 Å². The van der Waals surface area contributed by atoms with Crippen LogP contribution in [0.25, 0.3) is 0 Å². The van der Waals surface area contributed by atoms with Gasteiger partial charge in [-0.05, 0) is 19.1 Å². The molecule has 5 nitrogen and oxygen atoms in total. The quantitative estimate of drug-likeness (QED) is 0.648. The number of carboxylic acids is 1. The second-order valence-electron chi connectivity index (χ2n) is 3.19. The van der Waals surface area contributed by atoms with Crippen LogP contribution < -0.4 is 5.32 Å². The molecule has 78 valence electrons. The minimum atomic E-state index is -0.932. The van der Waals surface area contributed by atoms with Gasteiger partial charge in [0.05, 0.1) is 6.42 Å². The van der Waals surface area contributed by atoms with Crippen LogP contribution in [0, 0.1) is 0 Å². The molecule has 1 heterocycles. The highest BCUT2D eigenvalue weighted by atomic mass is 32.1. The number of hydrogen-bond donors (Lipinski definition) is 2. The lowest BCUT2D eigenvalue weighted by Crippen LogP contribution is -2.53. The van der Waals surface area contributed by atoms with Crippen LogP contribution in [-0.2, 0) is 9.59 Å². The van der Waals surface area contributed by atoms with E-state index < -0.39 is 5.97 Å². The van der Waals surface area contributed by atoms with Crippen molar-refractivity contribution in [1.29, 1.82) is 0 Å². The van der Waals surface area contributed by atoms with Crippen LogP contribution in [0.5, 0.6) is 0 Å². The monoisotopic (exact) mass is 216 g/mol. The molecule has 0 spiro atoms. The van der Waals surface area contributed by atoms with Crippen LogP contribution in [-0.4, -0.2) is 39.6 Å². The second-order valence-corrected chi connectivity index (χ2v) is 3.58. The van der Waals surface area contributed by atoms with E-state index >= 15 is 0 Å². The summed E-state index contributed by atoms with van der Waals surface area (Å²) < 4.78 is 0. The Bertz CT molecular complexity index is 264. The van der Waals surface area contributed by atoms with Gasteiger partial charge >= 0.3 is 5.97 Å². The van der Waals surface area contributed by atoms with Gasteiger partial charge in [0, 0.05) is 19.0 Å². The first-order valence-electron chi connectivity index (χ1n) is 4.34. The van der Waals surface area contributed by atoms with Crippen LogP contribution >= 0.6 is 12.2 Å². The molecule has 1 fully saturated rings. The molecule has 0 aromatic carbocycles. The molecule has 1 saturated heterocycles. The third kappa shape index (κ3) is 2.41. The van der Waals surface area contributed by atoms with Crippen LogP contribution in [0.4, 0.5) is 0 Å². The highest BCUT2D eigenvalue weighted by Crippen LogP contribution is 2.10. The summed E-state index contributed by atoms with van der Waals surface area (Å²) in [5.41, 5.74) is 0. The number of carboxylic acid groups (broad SMARTS) is 1. The van der Waals surface area contributed by atoms with Crippen molar-refractivity contribution in [2.45, 2.75) is 25.8 Å². The van der Waals surface area contributed by atoms with Gasteiger partial charge in [-0.2, -0.15) is 0 Å². The van der Waals surface area contributed by atoms with Crippen molar-refractivity contribution in [2.24, 2.45) is 0 Å². The Balaban J connectivity index is 2.67. The van der Waals surface area contributed by atoms with Gasteiger partial charge in [-0.3, -0.25) is 14.5 Å². The van der Waals surface area contributed by atoms with Crippen molar-refractivity contribution < 1.29 is 14.7 Å². The predicted octanol–water partition coefficient (Wildman–Crippen LogP) is -0.0436. The summed E-state index contributed by atoms with van der Waals surface area (Å²) in [5.74, 6) is -1.04. The molecule has 1 atom stereocenters. The zero-order valence-electron chi connectivity index (χ0n) is 7.82. The molecular weight excluding hydrogens is 204 g/mol. The van der Waals surface area contributed by atoms with Gasteiger partial charge in [0.2, 0.25) is 5.91 Å². The molecule has 0 saturated carbocycles. The second kappa shape index (κ2) is 4.36. The van der Waals surface area contributed by atoms with Crippen molar-refractivity contribution >= 4 is 29.2 Å². The average molecular weight is 216 g/mol. The lowest BCUT2D eigenvalue weighted by Gasteiger charge is -2.32. The maximum atomic E-state index is 11.4. The third-order valence-electron chi connectivity index (χ3n) is 2.01. The Labute approximate surface area is 87.1 Å². The number of rotatable bonds is 3. The third-order valence-corrected chi connectivity index (χ3v) is 2.35. The van der Waals surface area contributed by atoms with Crippen molar-refractivity contribution in [3.05, 3.63) is 0 Å². The molecule has 14 heavy (non-hydrogen) atoms. The van der Waals surface area contributed by atoms with Crippen LogP contribution in [0.15, 0.2) is 0 Å². The summed E-state index contributed by atoms with van der Waals surface area (Å²) in [6.45, 7) is 2.21. The zero-order valence-corrected chi connectivity index (χ0v) is 8.63. The van der Waals surface area contributed by atoms with Gasteiger partial charge in [-0.25, -0.2) is 0 Å². The zero-order chi connectivity index (χ0) is 10.7. The van der Waals surface area contributed by atoms with E-state index in [1.54, 1.807) is 6.92 Å². The Morgan fingerprint density at radius 1 is 1.79 bits per heavy atom. The number of carbonyl (C=O) groups is 2. The SMILES string of the molecule is CC(CC(=O)O)N1C(=O)CCNC1=S. The fourth-order valence-corrected chi connectivity index (χ4v) is 1.77. The summed E-state index contributed by atoms with van der Waals surface area (Å²) >= 11 is 4.93. The number of amides is 1. The summed E-state index contributed by atoms with van der Waals surface area (Å²) in [4.78, 5) is 23.2. The maximum absolute atomic E-state index is 11.4. The van der Waals surface area contributed by atoms with Crippen molar-refractivity contribution in [1.82, 2.24) is 10.2 Å². The number of aliphatic carboxylic acids is 1. The number of carbonyl (C=O) groups excluding carboxylic acids is 1. The van der Waals surface area contributed by atoms with Crippen molar-refractivity contribution in [2.75, 3.05) is 6.54 Å². The van der Waals surface area contributed by atoms with E-state index in [-0.39, 0.29) is 18.4 Å².